The normalized spacial score (nSPS) is 11.7. The Labute approximate surface area is 170 Å². The van der Waals surface area contributed by atoms with Crippen LogP contribution in [0.1, 0.15) is 11.1 Å². The van der Waals surface area contributed by atoms with Crippen molar-refractivity contribution in [2.24, 2.45) is 10.1 Å². The highest BCUT2D eigenvalue weighted by Crippen LogP contribution is 2.23. The van der Waals surface area contributed by atoms with Crippen LogP contribution in [-0.2, 0) is 0 Å². The number of rotatable bonds is 4. The van der Waals surface area contributed by atoms with E-state index in [1.54, 1.807) is 71.8 Å². The Bertz CT molecular complexity index is 1270. The Morgan fingerprint density at radius 3 is 2.62 bits per heavy atom. The molecule has 0 fully saturated rings. The first kappa shape index (κ1) is 18.5. The molecule has 0 aliphatic heterocycles. The topological polar surface area (TPSA) is 66.3 Å². The smallest absolute Gasteiger partial charge is 0.211 e. The fourth-order valence-corrected chi connectivity index (χ4v) is 3.49. The van der Waals surface area contributed by atoms with Gasteiger partial charge in [0, 0.05) is 17.1 Å². The maximum absolute atomic E-state index is 14.4. The second-order valence-corrected chi connectivity index (χ2v) is 6.83. The van der Waals surface area contributed by atoms with Crippen LogP contribution in [0.4, 0.5) is 10.1 Å². The lowest BCUT2D eigenvalue weighted by Crippen LogP contribution is -2.12. The number of hydrogen-bond acceptors (Lipinski definition) is 5. The van der Waals surface area contributed by atoms with Gasteiger partial charge in [0.2, 0.25) is 4.80 Å². The monoisotopic (exact) mass is 399 g/mol. The zero-order valence-corrected chi connectivity index (χ0v) is 15.9. The number of aromatic nitrogens is 2. The molecule has 2 aromatic heterocycles. The number of nitriles is 1. The van der Waals surface area contributed by atoms with Gasteiger partial charge in [-0.15, -0.1) is 11.3 Å². The molecular weight excluding hydrogens is 385 g/mol. The summed E-state index contributed by atoms with van der Waals surface area (Å²) in [6.45, 7) is 0. The van der Waals surface area contributed by atoms with Crippen molar-refractivity contribution >= 4 is 23.2 Å². The summed E-state index contributed by atoms with van der Waals surface area (Å²) in [5.74, 6) is -0.333. The standard InChI is InChI=1S/C22H14FN5S/c23-20-6-2-1-5-19(20)21-15-29-22(27-18-4-3-11-25-14-18)28(21)26-13-17-9-7-16(12-24)8-10-17/h1-11,13-15H. The molecule has 0 spiro atoms. The van der Waals surface area contributed by atoms with E-state index in [0.29, 0.717) is 27.3 Å². The van der Waals surface area contributed by atoms with E-state index in [0.717, 1.165) is 5.56 Å². The van der Waals surface area contributed by atoms with Gasteiger partial charge in [0.25, 0.3) is 0 Å². The fourth-order valence-electron chi connectivity index (χ4n) is 2.64. The summed E-state index contributed by atoms with van der Waals surface area (Å²) in [4.78, 5) is 9.26. The van der Waals surface area contributed by atoms with Crippen molar-refractivity contribution in [3.8, 4) is 17.3 Å². The first-order valence-electron chi connectivity index (χ1n) is 8.69. The average Bonchev–Trinajstić information content (AvgIpc) is 3.15. The Balaban J connectivity index is 1.83. The van der Waals surface area contributed by atoms with Crippen molar-refractivity contribution in [1.29, 1.82) is 5.26 Å². The molecule has 0 aliphatic rings. The van der Waals surface area contributed by atoms with Crippen LogP contribution in [0.25, 0.3) is 11.3 Å². The summed E-state index contributed by atoms with van der Waals surface area (Å²) in [7, 11) is 0. The number of thiazole rings is 1. The average molecular weight is 399 g/mol. The van der Waals surface area contributed by atoms with Gasteiger partial charge in [-0.1, -0.05) is 24.3 Å². The van der Waals surface area contributed by atoms with Crippen molar-refractivity contribution < 1.29 is 4.39 Å². The predicted molar refractivity (Wildman–Crippen MR) is 111 cm³/mol. The summed E-state index contributed by atoms with van der Waals surface area (Å²) in [5, 5.41) is 15.3. The molecule has 0 radical (unpaired) electrons. The fraction of sp³-hybridized carbons (Fsp3) is 0. The molecule has 0 bridgehead atoms. The van der Waals surface area contributed by atoms with E-state index in [-0.39, 0.29) is 5.82 Å². The summed E-state index contributed by atoms with van der Waals surface area (Å²) in [6, 6.07) is 19.3. The maximum atomic E-state index is 14.4. The Hall–Kier alpha value is -3.89. The molecule has 2 aromatic carbocycles. The number of nitrogens with zero attached hydrogens (tertiary/aromatic N) is 5. The lowest BCUT2D eigenvalue weighted by atomic mass is 10.1. The second kappa shape index (κ2) is 8.42. The van der Waals surface area contributed by atoms with Crippen molar-refractivity contribution in [3.05, 3.63) is 100 Å². The molecule has 5 nitrogen and oxygen atoms in total. The van der Waals surface area contributed by atoms with Gasteiger partial charge >= 0.3 is 0 Å². The number of halogens is 1. The first-order valence-corrected chi connectivity index (χ1v) is 9.57. The third-order valence-corrected chi connectivity index (χ3v) is 4.88. The number of hydrogen-bond donors (Lipinski definition) is 0. The molecule has 0 N–H and O–H groups in total. The molecule has 140 valence electrons. The highest BCUT2D eigenvalue weighted by atomic mass is 32.1. The summed E-state index contributed by atoms with van der Waals surface area (Å²) >= 11 is 1.36. The minimum Gasteiger partial charge on any atom is -0.262 e. The van der Waals surface area contributed by atoms with Crippen molar-refractivity contribution in [3.63, 3.8) is 0 Å². The van der Waals surface area contributed by atoms with Gasteiger partial charge in [0.05, 0.1) is 35.4 Å². The van der Waals surface area contributed by atoms with Crippen LogP contribution in [0.3, 0.4) is 0 Å². The quantitative estimate of drug-likeness (QED) is 0.465. The van der Waals surface area contributed by atoms with Crippen LogP contribution in [0.2, 0.25) is 0 Å². The molecule has 2 heterocycles. The SMILES string of the molecule is N#Cc1ccc(C=Nn2c(-c3ccccc3F)csc2=Nc2cccnc2)cc1. The Morgan fingerprint density at radius 2 is 1.90 bits per heavy atom. The third kappa shape index (κ3) is 4.18. The van der Waals surface area contributed by atoms with E-state index in [1.165, 1.54) is 17.4 Å². The van der Waals surface area contributed by atoms with Crippen LogP contribution >= 0.6 is 11.3 Å². The van der Waals surface area contributed by atoms with Gasteiger partial charge in [-0.3, -0.25) is 4.98 Å². The van der Waals surface area contributed by atoms with Crippen molar-refractivity contribution in [2.45, 2.75) is 0 Å². The highest BCUT2D eigenvalue weighted by Gasteiger charge is 2.11. The summed E-state index contributed by atoms with van der Waals surface area (Å²) in [6.07, 6.45) is 4.98. The van der Waals surface area contributed by atoms with Crippen LogP contribution < -0.4 is 4.80 Å². The van der Waals surface area contributed by atoms with Gasteiger partial charge < -0.3 is 0 Å². The largest absolute Gasteiger partial charge is 0.262 e. The van der Waals surface area contributed by atoms with Gasteiger partial charge in [-0.2, -0.15) is 10.4 Å². The molecule has 0 saturated carbocycles. The Morgan fingerprint density at radius 1 is 1.07 bits per heavy atom. The van der Waals surface area contributed by atoms with E-state index in [2.05, 4.69) is 21.1 Å². The lowest BCUT2D eigenvalue weighted by molar-refractivity contribution is 0.629. The maximum Gasteiger partial charge on any atom is 0.211 e. The predicted octanol–water partition coefficient (Wildman–Crippen LogP) is 4.74. The van der Waals surface area contributed by atoms with Gasteiger partial charge in [0.1, 0.15) is 5.82 Å². The van der Waals surface area contributed by atoms with E-state index in [4.69, 9.17) is 5.26 Å². The van der Waals surface area contributed by atoms with Gasteiger partial charge in [0.15, 0.2) is 0 Å². The van der Waals surface area contributed by atoms with E-state index >= 15 is 0 Å². The van der Waals surface area contributed by atoms with Crippen LogP contribution in [0, 0.1) is 17.1 Å². The molecule has 4 rings (SSSR count). The zero-order valence-electron chi connectivity index (χ0n) is 15.1. The van der Waals surface area contributed by atoms with E-state index < -0.39 is 0 Å². The number of pyridine rings is 1. The van der Waals surface area contributed by atoms with Crippen LogP contribution in [-0.4, -0.2) is 15.9 Å². The van der Waals surface area contributed by atoms with Crippen LogP contribution in [0.5, 0.6) is 0 Å². The summed E-state index contributed by atoms with van der Waals surface area (Å²) < 4.78 is 16.0. The molecular formula is C22H14FN5S. The molecule has 0 unspecified atom stereocenters. The molecule has 0 atom stereocenters. The molecule has 7 heteroatoms. The third-order valence-electron chi connectivity index (χ3n) is 4.07. The number of benzene rings is 2. The van der Waals surface area contributed by atoms with E-state index in [1.807, 2.05) is 11.4 Å². The lowest BCUT2D eigenvalue weighted by Gasteiger charge is -2.04. The Kier molecular flexibility index (Phi) is 5.36. The highest BCUT2D eigenvalue weighted by molar-refractivity contribution is 7.07. The van der Waals surface area contributed by atoms with Crippen LogP contribution in [0.15, 0.2) is 88.5 Å². The zero-order chi connectivity index (χ0) is 20.1. The molecule has 29 heavy (non-hydrogen) atoms. The van der Waals surface area contributed by atoms with Crippen molar-refractivity contribution in [2.75, 3.05) is 0 Å². The molecule has 0 saturated heterocycles. The minimum absolute atomic E-state index is 0.333. The summed E-state index contributed by atoms with van der Waals surface area (Å²) in [5.41, 5.74) is 3.10. The van der Waals surface area contributed by atoms with Gasteiger partial charge in [-0.25, -0.2) is 14.1 Å². The molecule has 0 amide bonds. The second-order valence-electron chi connectivity index (χ2n) is 6.00. The minimum atomic E-state index is -0.333. The van der Waals surface area contributed by atoms with Gasteiger partial charge in [-0.05, 0) is 42.0 Å². The van der Waals surface area contributed by atoms with E-state index in [9.17, 15) is 4.39 Å². The molecule has 0 aliphatic carbocycles. The molecule has 4 aromatic rings. The first-order chi connectivity index (χ1) is 14.2. The van der Waals surface area contributed by atoms with Crippen molar-refractivity contribution in [1.82, 2.24) is 9.66 Å².